The quantitative estimate of drug-likeness (QED) is 0.857. The maximum atomic E-state index is 13.9. The van der Waals surface area contributed by atoms with E-state index in [-0.39, 0.29) is 17.6 Å². The summed E-state index contributed by atoms with van der Waals surface area (Å²) in [6.45, 7) is 0.657. The lowest BCUT2D eigenvalue weighted by molar-refractivity contribution is 0.555. The Morgan fingerprint density at radius 1 is 1.15 bits per heavy atom. The monoisotopic (exact) mass is 339 g/mol. The van der Waals surface area contributed by atoms with Gasteiger partial charge in [0.05, 0.1) is 0 Å². The van der Waals surface area contributed by atoms with Crippen LogP contribution in [0.2, 0.25) is 0 Å². The normalized spacial score (nSPS) is 12.4. The van der Waals surface area contributed by atoms with Gasteiger partial charge in [0.15, 0.2) is 0 Å². The molecule has 0 aliphatic rings. The maximum Gasteiger partial charge on any atom is 0.126 e. The van der Waals surface area contributed by atoms with Gasteiger partial charge in [0, 0.05) is 16.9 Å². The van der Waals surface area contributed by atoms with Gasteiger partial charge in [-0.25, -0.2) is 8.78 Å². The predicted octanol–water partition coefficient (Wildman–Crippen LogP) is 4.27. The van der Waals surface area contributed by atoms with Crippen molar-refractivity contribution in [3.8, 4) is 0 Å². The molecule has 0 bridgehead atoms. The zero-order valence-corrected chi connectivity index (χ0v) is 12.8. The third-order valence-corrected chi connectivity index (χ3v) is 4.02. The van der Waals surface area contributed by atoms with Gasteiger partial charge in [-0.2, -0.15) is 0 Å². The molecule has 0 aliphatic carbocycles. The fourth-order valence-corrected chi connectivity index (χ4v) is 2.81. The van der Waals surface area contributed by atoms with E-state index in [1.54, 1.807) is 18.2 Å². The highest BCUT2D eigenvalue weighted by Gasteiger charge is 2.16. The molecule has 0 amide bonds. The van der Waals surface area contributed by atoms with Gasteiger partial charge in [0.2, 0.25) is 0 Å². The Labute approximate surface area is 126 Å². The van der Waals surface area contributed by atoms with Gasteiger partial charge in [-0.3, -0.25) is 0 Å². The Hall–Kier alpha value is -1.26. The zero-order chi connectivity index (χ0) is 14.5. The average molecular weight is 340 g/mol. The molecule has 1 N–H and O–H groups in total. The van der Waals surface area contributed by atoms with Crippen LogP contribution in [-0.2, 0) is 6.42 Å². The van der Waals surface area contributed by atoms with E-state index in [0.717, 1.165) is 10.0 Å². The highest BCUT2D eigenvalue weighted by molar-refractivity contribution is 9.10. The molecule has 1 unspecified atom stereocenters. The van der Waals surface area contributed by atoms with Crippen LogP contribution in [0, 0.1) is 11.6 Å². The molecule has 2 aromatic carbocycles. The van der Waals surface area contributed by atoms with Gasteiger partial charge in [-0.05, 0) is 42.8 Å². The first-order valence-electron chi connectivity index (χ1n) is 6.44. The van der Waals surface area contributed by atoms with Crippen molar-refractivity contribution in [3.05, 3.63) is 69.7 Å². The van der Waals surface area contributed by atoms with E-state index >= 15 is 0 Å². The Morgan fingerprint density at radius 3 is 2.55 bits per heavy atom. The average Bonchev–Trinajstić information content (AvgIpc) is 2.42. The molecule has 106 valence electrons. The smallest absolute Gasteiger partial charge is 0.126 e. The maximum absolute atomic E-state index is 13.9. The van der Waals surface area contributed by atoms with Crippen LogP contribution in [0.5, 0.6) is 0 Å². The van der Waals surface area contributed by atoms with Crippen molar-refractivity contribution in [1.82, 2.24) is 5.32 Å². The number of hydrogen-bond donors (Lipinski definition) is 1. The van der Waals surface area contributed by atoms with Gasteiger partial charge in [0.1, 0.15) is 11.6 Å². The van der Waals surface area contributed by atoms with E-state index in [9.17, 15) is 8.78 Å². The first kappa shape index (κ1) is 15.1. The molecule has 0 radical (unpaired) electrons. The van der Waals surface area contributed by atoms with Crippen molar-refractivity contribution >= 4 is 15.9 Å². The highest BCUT2D eigenvalue weighted by Crippen LogP contribution is 2.27. The molecule has 0 spiro atoms. The minimum absolute atomic E-state index is 0.00274. The van der Waals surface area contributed by atoms with Crippen molar-refractivity contribution in [3.63, 3.8) is 0 Å². The number of hydrogen-bond acceptors (Lipinski definition) is 1. The number of nitrogens with one attached hydrogen (secondary N) is 1. The number of halogens is 3. The Balaban J connectivity index is 2.28. The first-order chi connectivity index (χ1) is 9.61. The van der Waals surface area contributed by atoms with Crippen molar-refractivity contribution in [1.29, 1.82) is 0 Å². The topological polar surface area (TPSA) is 12.0 Å². The van der Waals surface area contributed by atoms with Gasteiger partial charge in [-0.1, -0.05) is 40.2 Å². The molecule has 0 saturated heterocycles. The van der Waals surface area contributed by atoms with E-state index < -0.39 is 0 Å². The summed E-state index contributed by atoms with van der Waals surface area (Å²) >= 11 is 3.36. The standard InChI is InChI=1S/C16H16BrF2N/c1-20-10-12(14-4-2-3-5-16(14)19)8-11-6-7-13(18)9-15(11)17/h2-7,9,12,20H,8,10H2,1H3. The fourth-order valence-electron chi connectivity index (χ4n) is 2.30. The highest BCUT2D eigenvalue weighted by atomic mass is 79.9. The van der Waals surface area contributed by atoms with Crippen LogP contribution in [0.4, 0.5) is 8.78 Å². The molecule has 0 aromatic heterocycles. The van der Waals surface area contributed by atoms with Crippen LogP contribution < -0.4 is 5.32 Å². The predicted molar refractivity (Wildman–Crippen MR) is 80.9 cm³/mol. The van der Waals surface area contributed by atoms with Gasteiger partial charge in [0.25, 0.3) is 0 Å². The molecular weight excluding hydrogens is 324 g/mol. The zero-order valence-electron chi connectivity index (χ0n) is 11.2. The summed E-state index contributed by atoms with van der Waals surface area (Å²) in [5.41, 5.74) is 1.65. The van der Waals surface area contributed by atoms with Crippen LogP contribution in [0.3, 0.4) is 0 Å². The molecule has 0 fully saturated rings. The lowest BCUT2D eigenvalue weighted by atomic mass is 9.91. The van der Waals surface area contributed by atoms with E-state index in [1.807, 2.05) is 13.1 Å². The Morgan fingerprint density at radius 2 is 1.90 bits per heavy atom. The summed E-state index contributed by atoms with van der Waals surface area (Å²) in [7, 11) is 1.84. The summed E-state index contributed by atoms with van der Waals surface area (Å²) in [4.78, 5) is 0. The van der Waals surface area contributed by atoms with Crippen LogP contribution in [0.25, 0.3) is 0 Å². The molecule has 4 heteroatoms. The molecule has 0 aliphatic heterocycles. The van der Waals surface area contributed by atoms with Crippen LogP contribution in [0.15, 0.2) is 46.9 Å². The van der Waals surface area contributed by atoms with Crippen molar-refractivity contribution < 1.29 is 8.78 Å². The van der Waals surface area contributed by atoms with Crippen LogP contribution in [0.1, 0.15) is 17.0 Å². The summed E-state index contributed by atoms with van der Waals surface area (Å²) in [6, 6.07) is 11.4. The minimum atomic E-state index is -0.281. The van der Waals surface area contributed by atoms with E-state index in [0.29, 0.717) is 18.5 Å². The summed E-state index contributed by atoms with van der Waals surface area (Å²) in [5.74, 6) is -0.481. The third kappa shape index (κ3) is 3.64. The summed E-state index contributed by atoms with van der Waals surface area (Å²) < 4.78 is 27.8. The largest absolute Gasteiger partial charge is 0.319 e. The second-order valence-corrected chi connectivity index (χ2v) is 5.57. The van der Waals surface area contributed by atoms with Crippen LogP contribution in [-0.4, -0.2) is 13.6 Å². The summed E-state index contributed by atoms with van der Waals surface area (Å²) in [6.07, 6.45) is 0.642. The van der Waals surface area contributed by atoms with E-state index in [1.165, 1.54) is 18.2 Å². The molecule has 0 saturated carbocycles. The molecule has 1 nitrogen and oxygen atoms in total. The molecule has 1 atom stereocenters. The fraction of sp³-hybridized carbons (Fsp3) is 0.250. The lowest BCUT2D eigenvalue weighted by Gasteiger charge is -2.18. The first-order valence-corrected chi connectivity index (χ1v) is 7.24. The van der Waals surface area contributed by atoms with Gasteiger partial charge in [-0.15, -0.1) is 0 Å². The van der Waals surface area contributed by atoms with Gasteiger partial charge >= 0.3 is 0 Å². The van der Waals surface area contributed by atoms with E-state index in [2.05, 4.69) is 21.2 Å². The SMILES string of the molecule is CNCC(Cc1ccc(F)cc1Br)c1ccccc1F. The van der Waals surface area contributed by atoms with Crippen LogP contribution >= 0.6 is 15.9 Å². The molecule has 2 rings (SSSR count). The molecular formula is C16H16BrF2N. The van der Waals surface area contributed by atoms with E-state index in [4.69, 9.17) is 0 Å². The second kappa shape index (κ2) is 6.95. The molecule has 20 heavy (non-hydrogen) atoms. The molecule has 2 aromatic rings. The number of rotatable bonds is 5. The van der Waals surface area contributed by atoms with Crippen molar-refractivity contribution in [2.24, 2.45) is 0 Å². The third-order valence-electron chi connectivity index (χ3n) is 3.28. The number of likely N-dealkylation sites (N-methyl/N-ethyl adjacent to an activating group) is 1. The Bertz CT molecular complexity index is 586. The minimum Gasteiger partial charge on any atom is -0.319 e. The van der Waals surface area contributed by atoms with Gasteiger partial charge < -0.3 is 5.32 Å². The second-order valence-electron chi connectivity index (χ2n) is 4.72. The number of benzene rings is 2. The Kier molecular flexibility index (Phi) is 5.26. The van der Waals surface area contributed by atoms with Crippen molar-refractivity contribution in [2.75, 3.05) is 13.6 Å². The summed E-state index contributed by atoms with van der Waals surface area (Å²) in [5, 5.41) is 3.09. The van der Waals surface area contributed by atoms with Crippen molar-refractivity contribution in [2.45, 2.75) is 12.3 Å². The lowest BCUT2D eigenvalue weighted by Crippen LogP contribution is -2.20. The molecule has 0 heterocycles.